The van der Waals surface area contributed by atoms with E-state index in [0.29, 0.717) is 5.69 Å². The molecule has 14 aromatic rings. The van der Waals surface area contributed by atoms with Crippen molar-refractivity contribution in [3.63, 3.8) is 0 Å². The largest absolute Gasteiger partial charge is 0.457 e. The van der Waals surface area contributed by atoms with Gasteiger partial charge in [0.1, 0.15) is 11.5 Å². The Labute approximate surface area is 418 Å². The number of ether oxygens (including phenoxy) is 1. The van der Waals surface area contributed by atoms with Crippen LogP contribution in [0, 0.1) is 6.57 Å². The summed E-state index contributed by atoms with van der Waals surface area (Å²) in [4.78, 5) is 14.3. The van der Waals surface area contributed by atoms with E-state index in [9.17, 15) is 0 Å². The van der Waals surface area contributed by atoms with Crippen LogP contribution in [0.25, 0.3) is 110 Å². The fourth-order valence-corrected chi connectivity index (χ4v) is 12.6. The van der Waals surface area contributed by atoms with Gasteiger partial charge in [-0.25, -0.2) is 4.85 Å². The molecule has 0 bridgehead atoms. The van der Waals surface area contributed by atoms with Crippen LogP contribution in [-0.4, -0.2) is 23.7 Å². The van der Waals surface area contributed by atoms with Gasteiger partial charge >= 0.3 is 0 Å². The van der Waals surface area contributed by atoms with Crippen LogP contribution in [0.5, 0.6) is 11.5 Å². The van der Waals surface area contributed by atoms with Crippen molar-refractivity contribution in [2.24, 2.45) is 0 Å². The van der Waals surface area contributed by atoms with Gasteiger partial charge in [0, 0.05) is 49.8 Å². The van der Waals surface area contributed by atoms with Gasteiger partial charge < -0.3 is 18.4 Å². The van der Waals surface area contributed by atoms with Crippen LogP contribution < -0.4 is 4.74 Å². The molecule has 1 unspecified atom stereocenters. The number of fused-ring (bicyclic) bond motifs is 18. The summed E-state index contributed by atoms with van der Waals surface area (Å²) in [7, 11) is 0. The van der Waals surface area contributed by atoms with E-state index in [0.717, 1.165) is 117 Å². The zero-order chi connectivity index (χ0) is 47.9. The minimum Gasteiger partial charge on any atom is -0.457 e. The number of rotatable bonds is 4. The van der Waals surface area contributed by atoms with Crippen molar-refractivity contribution in [3.8, 4) is 51.1 Å². The summed E-state index contributed by atoms with van der Waals surface area (Å²) >= 11 is 0. The molecule has 1 atom stereocenters. The van der Waals surface area contributed by atoms with Gasteiger partial charge in [0.05, 0.1) is 79.7 Å². The molecule has 7 heteroatoms. The Hall–Kier alpha value is -10.0. The standard InChI is InChI=1S/C66H38N6O/c1-67-42-30-33-59-49(37-42)48-35-40(29-32-58(48)72(59)61-26-12-11-25-60(61)71-56-23-9-4-17-46(56)47-18-5-10-24-57(47)71)41-28-31-51-63(36-41)73-62-27-13-6-19-50(62)66(51)52-20-14-34-68-64(52)65-53(66)38-43(39-69-65)70-54-21-7-2-15-44(54)45-16-3-8-22-55(45)70/h2-39H. The third kappa shape index (κ3) is 5.30. The van der Waals surface area contributed by atoms with E-state index in [-0.39, 0.29) is 0 Å². The normalized spacial score (nSPS) is 14.5. The van der Waals surface area contributed by atoms with Crippen LogP contribution in [-0.2, 0) is 5.41 Å². The third-order valence-corrected chi connectivity index (χ3v) is 15.6. The predicted molar refractivity (Wildman–Crippen MR) is 294 cm³/mol. The Kier molecular flexibility index (Phi) is 8.04. The van der Waals surface area contributed by atoms with Crippen LogP contribution >= 0.6 is 0 Å². The van der Waals surface area contributed by atoms with Gasteiger partial charge in [0.15, 0.2) is 5.69 Å². The highest BCUT2D eigenvalue weighted by Crippen LogP contribution is 2.62. The lowest BCUT2D eigenvalue weighted by molar-refractivity contribution is 0.436. The van der Waals surface area contributed by atoms with Gasteiger partial charge in [-0.1, -0.05) is 133 Å². The van der Waals surface area contributed by atoms with Gasteiger partial charge in [-0.3, -0.25) is 9.97 Å². The highest BCUT2D eigenvalue weighted by atomic mass is 16.5. The second-order valence-corrected chi connectivity index (χ2v) is 19.2. The highest BCUT2D eigenvalue weighted by molar-refractivity contribution is 6.13. The fourth-order valence-electron chi connectivity index (χ4n) is 12.6. The molecule has 1 aliphatic carbocycles. The number of nitrogens with zero attached hydrogens (tertiary/aromatic N) is 6. The van der Waals surface area contributed by atoms with Crippen molar-refractivity contribution in [2.75, 3.05) is 0 Å². The summed E-state index contributed by atoms with van der Waals surface area (Å²) in [6, 6.07) is 77.7. The molecular weight excluding hydrogens is 893 g/mol. The molecule has 6 heterocycles. The SMILES string of the molecule is [C-]#[N+]c1ccc2c(c1)c1cc(-c3ccc4c(c3)Oc3ccccc3C43c4cccnc4-c4ncc(-n5c6ccccc6c6ccccc65)cc43)ccc1n2-c1ccccc1-n1c2ccccc2c2ccccc21. The summed E-state index contributed by atoms with van der Waals surface area (Å²) in [5, 5.41) is 6.90. The smallest absolute Gasteiger partial charge is 0.188 e. The second-order valence-electron chi connectivity index (χ2n) is 19.2. The quantitative estimate of drug-likeness (QED) is 0.165. The highest BCUT2D eigenvalue weighted by Gasteiger charge is 2.52. The van der Waals surface area contributed by atoms with E-state index in [1.54, 1.807) is 0 Å². The lowest BCUT2D eigenvalue weighted by Gasteiger charge is -2.39. The Bertz CT molecular complexity index is 4650. The lowest BCUT2D eigenvalue weighted by Crippen LogP contribution is -2.32. The molecule has 0 saturated heterocycles. The molecule has 1 spiro atoms. The monoisotopic (exact) mass is 930 g/mol. The zero-order valence-corrected chi connectivity index (χ0v) is 39.0. The van der Waals surface area contributed by atoms with Crippen molar-refractivity contribution in [1.29, 1.82) is 0 Å². The molecule has 1 aliphatic heterocycles. The molecule has 7 nitrogen and oxygen atoms in total. The van der Waals surface area contributed by atoms with Crippen LogP contribution in [0.2, 0.25) is 0 Å². The van der Waals surface area contributed by atoms with Crippen molar-refractivity contribution in [1.82, 2.24) is 23.7 Å². The molecule has 0 saturated carbocycles. The Morgan fingerprint density at radius 2 is 0.890 bits per heavy atom. The first-order chi connectivity index (χ1) is 36.2. The number of aromatic nitrogens is 5. The van der Waals surface area contributed by atoms with Crippen molar-refractivity contribution < 1.29 is 4.74 Å². The molecule has 0 radical (unpaired) electrons. The maximum Gasteiger partial charge on any atom is 0.188 e. The molecule has 5 aromatic heterocycles. The molecule has 9 aromatic carbocycles. The van der Waals surface area contributed by atoms with Gasteiger partial charge in [-0.2, -0.15) is 0 Å². The molecule has 0 N–H and O–H groups in total. The molecule has 2 aliphatic rings. The van der Waals surface area contributed by atoms with E-state index >= 15 is 0 Å². The number of hydrogen-bond donors (Lipinski definition) is 0. The summed E-state index contributed by atoms with van der Waals surface area (Å²) in [6.45, 7) is 8.06. The molecule has 16 rings (SSSR count). The first kappa shape index (κ1) is 39.8. The minimum atomic E-state index is -0.777. The van der Waals surface area contributed by atoms with E-state index in [4.69, 9.17) is 21.3 Å². The summed E-state index contributed by atoms with van der Waals surface area (Å²) < 4.78 is 14.1. The number of hydrogen-bond acceptors (Lipinski definition) is 3. The molecule has 73 heavy (non-hydrogen) atoms. The average Bonchev–Trinajstić information content (AvgIpc) is 4.17. The summed E-state index contributed by atoms with van der Waals surface area (Å²) in [5.41, 5.74) is 17.6. The Balaban J connectivity index is 0.897. The number of pyridine rings is 2. The lowest BCUT2D eigenvalue weighted by atomic mass is 9.66. The molecular formula is C66H38N6O. The van der Waals surface area contributed by atoms with Crippen LogP contribution in [0.15, 0.2) is 231 Å². The molecule has 338 valence electrons. The fraction of sp³-hybridized carbons (Fsp3) is 0.0152. The zero-order valence-electron chi connectivity index (χ0n) is 39.0. The predicted octanol–water partition coefficient (Wildman–Crippen LogP) is 16.5. The van der Waals surface area contributed by atoms with Crippen molar-refractivity contribution in [2.45, 2.75) is 5.41 Å². The van der Waals surface area contributed by atoms with Crippen LogP contribution in [0.3, 0.4) is 0 Å². The van der Waals surface area contributed by atoms with Crippen LogP contribution in [0.1, 0.15) is 22.3 Å². The van der Waals surface area contributed by atoms with E-state index < -0.39 is 5.41 Å². The van der Waals surface area contributed by atoms with Gasteiger partial charge in [-0.15, -0.1) is 0 Å². The van der Waals surface area contributed by atoms with E-state index in [1.807, 2.05) is 30.6 Å². The maximum absolute atomic E-state index is 8.06. The first-order valence-electron chi connectivity index (χ1n) is 24.6. The third-order valence-electron chi connectivity index (χ3n) is 15.6. The summed E-state index contributed by atoms with van der Waals surface area (Å²) in [5.74, 6) is 1.57. The average molecular weight is 931 g/mol. The van der Waals surface area contributed by atoms with E-state index in [1.165, 1.54) is 21.5 Å². The van der Waals surface area contributed by atoms with Gasteiger partial charge in [-0.05, 0) is 107 Å². The summed E-state index contributed by atoms with van der Waals surface area (Å²) in [6.07, 6.45) is 3.87. The molecule has 0 amide bonds. The Morgan fingerprint density at radius 1 is 0.384 bits per heavy atom. The molecule has 0 fully saturated rings. The minimum absolute atomic E-state index is 0.598. The Morgan fingerprint density at radius 3 is 1.56 bits per heavy atom. The second kappa shape index (κ2) is 14.8. The maximum atomic E-state index is 8.06. The first-order valence-corrected chi connectivity index (χ1v) is 24.6. The van der Waals surface area contributed by atoms with E-state index in [2.05, 4.69) is 219 Å². The number of para-hydroxylation sites is 7. The number of benzene rings is 9. The van der Waals surface area contributed by atoms with Gasteiger partial charge in [0.2, 0.25) is 0 Å². The van der Waals surface area contributed by atoms with Gasteiger partial charge in [0.25, 0.3) is 0 Å². The van der Waals surface area contributed by atoms with Crippen molar-refractivity contribution >= 4 is 71.1 Å². The van der Waals surface area contributed by atoms with Crippen molar-refractivity contribution in [3.05, 3.63) is 264 Å². The topological polar surface area (TPSA) is 54.2 Å². The van der Waals surface area contributed by atoms with Crippen LogP contribution in [0.4, 0.5) is 5.69 Å².